The summed E-state index contributed by atoms with van der Waals surface area (Å²) in [6, 6.07) is 14.9. The monoisotopic (exact) mass is 422 g/mol. The number of amides is 1. The Labute approximate surface area is 179 Å². The average Bonchev–Trinajstić information content (AvgIpc) is 2.82. The second kappa shape index (κ2) is 9.62. The Bertz CT molecular complexity index is 1100. The fourth-order valence-corrected chi connectivity index (χ4v) is 3.10. The first-order valence-corrected chi connectivity index (χ1v) is 9.34. The van der Waals surface area contributed by atoms with Crippen LogP contribution >= 0.6 is 0 Å². The molecule has 0 atom stereocenters. The Morgan fingerprint density at radius 1 is 0.935 bits per heavy atom. The third kappa shape index (κ3) is 4.75. The van der Waals surface area contributed by atoms with Crippen molar-refractivity contribution in [2.75, 3.05) is 21.3 Å². The lowest BCUT2D eigenvalue weighted by atomic mass is 10.0. The summed E-state index contributed by atoms with van der Waals surface area (Å²) in [7, 11) is 4.60. The van der Waals surface area contributed by atoms with Gasteiger partial charge in [-0.15, -0.1) is 4.91 Å². The molecular weight excluding hydrogens is 400 g/mol. The first-order valence-electron chi connectivity index (χ1n) is 9.34. The van der Waals surface area contributed by atoms with E-state index in [9.17, 15) is 14.8 Å². The summed E-state index contributed by atoms with van der Waals surface area (Å²) in [5, 5.41) is 15.5. The number of phenols is 1. The smallest absolute Gasteiger partial charge is 0.255 e. The van der Waals surface area contributed by atoms with Crippen LogP contribution in [0, 0.1) is 4.91 Å². The van der Waals surface area contributed by atoms with Crippen molar-refractivity contribution in [2.24, 2.45) is 5.18 Å². The third-order valence-corrected chi connectivity index (χ3v) is 4.78. The lowest BCUT2D eigenvalue weighted by Crippen LogP contribution is -2.23. The molecule has 8 nitrogen and oxygen atoms in total. The number of phenolic OH excluding ortho intramolecular Hbond substituents is 1. The molecule has 0 unspecified atom stereocenters. The van der Waals surface area contributed by atoms with Gasteiger partial charge in [-0.2, -0.15) is 0 Å². The van der Waals surface area contributed by atoms with Gasteiger partial charge in [-0.25, -0.2) is 0 Å². The highest BCUT2D eigenvalue weighted by Gasteiger charge is 2.18. The van der Waals surface area contributed by atoms with Gasteiger partial charge >= 0.3 is 0 Å². The van der Waals surface area contributed by atoms with Gasteiger partial charge < -0.3 is 24.6 Å². The molecule has 3 aromatic carbocycles. The second-order valence-electron chi connectivity index (χ2n) is 6.57. The molecule has 8 heteroatoms. The fourth-order valence-electron chi connectivity index (χ4n) is 3.10. The summed E-state index contributed by atoms with van der Waals surface area (Å²) in [5.74, 6) is 1.08. The van der Waals surface area contributed by atoms with Crippen LogP contribution in [0.25, 0.3) is 11.1 Å². The number of nitrogens with zero attached hydrogens (tertiary/aromatic N) is 1. The topological polar surface area (TPSA) is 106 Å². The minimum absolute atomic E-state index is 0.0524. The standard InChI is InChI=1S/C23H22N2O6/c1-29-17-8-5-14(6-9-17)18-11-19(22(31-3)12-21(18)30-2)23(27)24-13-15-4-7-16(25-28)10-20(15)26/h4-12,26H,13H2,1-3H3,(H,24,27). The summed E-state index contributed by atoms with van der Waals surface area (Å²) in [6.07, 6.45) is 0. The van der Waals surface area contributed by atoms with Crippen LogP contribution < -0.4 is 19.5 Å². The molecule has 0 saturated carbocycles. The van der Waals surface area contributed by atoms with Gasteiger partial charge in [-0.05, 0) is 35.0 Å². The number of hydrogen-bond donors (Lipinski definition) is 2. The fraction of sp³-hybridized carbons (Fsp3) is 0.174. The van der Waals surface area contributed by atoms with E-state index >= 15 is 0 Å². The average molecular weight is 422 g/mol. The van der Waals surface area contributed by atoms with E-state index in [1.165, 1.54) is 25.3 Å². The number of hydrogen-bond acceptors (Lipinski definition) is 7. The molecule has 0 spiro atoms. The van der Waals surface area contributed by atoms with Crippen molar-refractivity contribution in [3.63, 3.8) is 0 Å². The van der Waals surface area contributed by atoms with Gasteiger partial charge in [0, 0.05) is 29.8 Å². The van der Waals surface area contributed by atoms with Gasteiger partial charge in [0.1, 0.15) is 28.7 Å². The molecule has 2 N–H and O–H groups in total. The number of benzene rings is 3. The van der Waals surface area contributed by atoms with Crippen molar-refractivity contribution >= 4 is 11.6 Å². The molecule has 3 aromatic rings. The molecule has 0 aliphatic heterocycles. The molecule has 3 rings (SSSR count). The summed E-state index contributed by atoms with van der Waals surface area (Å²) in [5.41, 5.74) is 2.40. The quantitative estimate of drug-likeness (QED) is 0.521. The van der Waals surface area contributed by atoms with Crippen molar-refractivity contribution in [3.05, 3.63) is 70.6 Å². The van der Waals surface area contributed by atoms with Crippen molar-refractivity contribution in [2.45, 2.75) is 6.54 Å². The minimum Gasteiger partial charge on any atom is -0.508 e. The molecule has 1 amide bonds. The van der Waals surface area contributed by atoms with Crippen LogP contribution in [0.4, 0.5) is 5.69 Å². The Kier molecular flexibility index (Phi) is 6.71. The van der Waals surface area contributed by atoms with Gasteiger partial charge in [0.2, 0.25) is 0 Å². The van der Waals surface area contributed by atoms with E-state index in [0.717, 1.165) is 5.56 Å². The Balaban J connectivity index is 1.91. The van der Waals surface area contributed by atoms with Crippen molar-refractivity contribution in [3.8, 4) is 34.1 Å². The molecule has 0 saturated heterocycles. The van der Waals surface area contributed by atoms with E-state index in [1.807, 2.05) is 24.3 Å². The maximum atomic E-state index is 12.9. The molecule has 0 bridgehead atoms. The lowest BCUT2D eigenvalue weighted by molar-refractivity contribution is 0.0947. The highest BCUT2D eigenvalue weighted by molar-refractivity contribution is 5.99. The summed E-state index contributed by atoms with van der Waals surface area (Å²) < 4.78 is 16.1. The largest absolute Gasteiger partial charge is 0.508 e. The predicted octanol–water partition coefficient (Wildman–Crippen LogP) is 4.41. The summed E-state index contributed by atoms with van der Waals surface area (Å²) in [4.78, 5) is 23.5. The van der Waals surface area contributed by atoms with Crippen LogP contribution in [-0.2, 0) is 6.54 Å². The number of carbonyl (C=O) groups is 1. The van der Waals surface area contributed by atoms with Crippen molar-refractivity contribution in [1.29, 1.82) is 0 Å². The first-order chi connectivity index (χ1) is 15.0. The number of nitrogens with one attached hydrogen (secondary N) is 1. The molecule has 31 heavy (non-hydrogen) atoms. The maximum Gasteiger partial charge on any atom is 0.255 e. The van der Waals surface area contributed by atoms with E-state index in [2.05, 4.69) is 10.5 Å². The number of methoxy groups -OCH3 is 3. The van der Waals surface area contributed by atoms with Crippen LogP contribution in [0.3, 0.4) is 0 Å². The van der Waals surface area contributed by atoms with E-state index in [0.29, 0.717) is 33.9 Å². The predicted molar refractivity (Wildman–Crippen MR) is 116 cm³/mol. The van der Waals surface area contributed by atoms with E-state index in [1.54, 1.807) is 26.4 Å². The Morgan fingerprint density at radius 2 is 1.65 bits per heavy atom. The van der Waals surface area contributed by atoms with Gasteiger partial charge in [0.05, 0.1) is 26.9 Å². The van der Waals surface area contributed by atoms with Crippen LogP contribution in [-0.4, -0.2) is 32.3 Å². The minimum atomic E-state index is -0.397. The van der Waals surface area contributed by atoms with Gasteiger partial charge in [-0.1, -0.05) is 18.2 Å². The van der Waals surface area contributed by atoms with Gasteiger partial charge in [0.15, 0.2) is 0 Å². The lowest BCUT2D eigenvalue weighted by Gasteiger charge is -2.15. The van der Waals surface area contributed by atoms with E-state index in [-0.39, 0.29) is 18.0 Å². The van der Waals surface area contributed by atoms with E-state index < -0.39 is 5.91 Å². The Morgan fingerprint density at radius 3 is 2.23 bits per heavy atom. The molecule has 0 aromatic heterocycles. The number of aromatic hydroxyl groups is 1. The molecular formula is C23H22N2O6. The summed E-state index contributed by atoms with van der Waals surface area (Å²) >= 11 is 0. The summed E-state index contributed by atoms with van der Waals surface area (Å²) in [6.45, 7) is 0.0524. The number of ether oxygens (including phenoxy) is 3. The molecule has 0 heterocycles. The highest BCUT2D eigenvalue weighted by atomic mass is 16.5. The van der Waals surface area contributed by atoms with Crippen LogP contribution in [0.5, 0.6) is 23.0 Å². The van der Waals surface area contributed by atoms with Crippen LogP contribution in [0.15, 0.2) is 59.8 Å². The SMILES string of the molecule is COc1ccc(-c2cc(C(=O)NCc3ccc(N=O)cc3O)c(OC)cc2OC)cc1. The van der Waals surface area contributed by atoms with Crippen LogP contribution in [0.1, 0.15) is 15.9 Å². The second-order valence-corrected chi connectivity index (χ2v) is 6.57. The number of rotatable bonds is 8. The third-order valence-electron chi connectivity index (χ3n) is 4.78. The van der Waals surface area contributed by atoms with Crippen molar-refractivity contribution < 1.29 is 24.1 Å². The van der Waals surface area contributed by atoms with Crippen molar-refractivity contribution in [1.82, 2.24) is 5.32 Å². The Hall–Kier alpha value is -4.07. The van der Waals surface area contributed by atoms with Gasteiger partial charge in [-0.3, -0.25) is 4.79 Å². The maximum absolute atomic E-state index is 12.9. The normalized spacial score (nSPS) is 10.3. The van der Waals surface area contributed by atoms with Crippen LogP contribution in [0.2, 0.25) is 0 Å². The zero-order chi connectivity index (χ0) is 22.4. The first kappa shape index (κ1) is 21.6. The highest BCUT2D eigenvalue weighted by Crippen LogP contribution is 2.37. The molecule has 160 valence electrons. The molecule has 0 fully saturated rings. The molecule has 0 aliphatic rings. The zero-order valence-electron chi connectivity index (χ0n) is 17.3. The van der Waals surface area contributed by atoms with E-state index in [4.69, 9.17) is 14.2 Å². The van der Waals surface area contributed by atoms with Gasteiger partial charge in [0.25, 0.3) is 5.91 Å². The number of carbonyl (C=O) groups excluding carboxylic acids is 1. The number of nitroso groups, excluding NO2 is 1. The molecule has 0 aliphatic carbocycles. The molecule has 0 radical (unpaired) electrons. The zero-order valence-corrected chi connectivity index (χ0v) is 17.3.